The zero-order valence-electron chi connectivity index (χ0n) is 17.7. The number of benzene rings is 2. The highest BCUT2D eigenvalue weighted by molar-refractivity contribution is 8.18. The summed E-state index contributed by atoms with van der Waals surface area (Å²) < 4.78 is 15.6. The zero-order chi connectivity index (χ0) is 23.3. The van der Waals surface area contributed by atoms with E-state index in [0.29, 0.717) is 23.6 Å². The van der Waals surface area contributed by atoms with Crippen LogP contribution >= 0.6 is 11.8 Å². The minimum atomic E-state index is -0.590. The van der Waals surface area contributed by atoms with Gasteiger partial charge in [0.05, 0.1) is 25.7 Å². The molecular formula is C22H22N2O7S. The molecule has 0 aliphatic carbocycles. The Balaban J connectivity index is 1.71. The molecule has 2 N–H and O–H groups in total. The van der Waals surface area contributed by atoms with Crippen LogP contribution < -0.4 is 19.5 Å². The third kappa shape index (κ3) is 5.14. The van der Waals surface area contributed by atoms with Crippen molar-refractivity contribution in [2.24, 2.45) is 0 Å². The summed E-state index contributed by atoms with van der Waals surface area (Å²) in [4.78, 5) is 38.4. The molecule has 3 rings (SSSR count). The summed E-state index contributed by atoms with van der Waals surface area (Å²) in [6, 6.07) is 9.77. The van der Waals surface area contributed by atoms with Gasteiger partial charge in [0, 0.05) is 5.69 Å². The molecule has 0 spiro atoms. The average molecular weight is 458 g/mol. The molecule has 1 saturated heterocycles. The number of nitrogens with one attached hydrogen (secondary N) is 1. The van der Waals surface area contributed by atoms with E-state index in [4.69, 9.17) is 14.2 Å². The van der Waals surface area contributed by atoms with Crippen LogP contribution in [0.3, 0.4) is 0 Å². The predicted molar refractivity (Wildman–Crippen MR) is 120 cm³/mol. The number of phenols is 1. The maximum Gasteiger partial charge on any atom is 0.294 e. The molecule has 2 aromatic rings. The normalized spacial score (nSPS) is 14.6. The lowest BCUT2D eigenvalue weighted by atomic mass is 10.1. The number of nitrogens with zero attached hydrogens (tertiary/aromatic N) is 1. The molecule has 0 unspecified atom stereocenters. The number of phenolic OH excluding ortho intramolecular Hbond substituents is 1. The molecule has 2 aromatic carbocycles. The second-order valence-corrected chi connectivity index (χ2v) is 7.54. The molecular weight excluding hydrogens is 436 g/mol. The molecule has 1 aliphatic heterocycles. The van der Waals surface area contributed by atoms with E-state index in [1.54, 1.807) is 24.3 Å². The van der Waals surface area contributed by atoms with E-state index in [2.05, 4.69) is 5.32 Å². The lowest BCUT2D eigenvalue weighted by molar-refractivity contribution is -0.127. The maximum absolute atomic E-state index is 12.7. The summed E-state index contributed by atoms with van der Waals surface area (Å²) in [6.07, 6.45) is 1.47. The fraction of sp³-hybridized carbons (Fsp3) is 0.227. The Hall–Kier alpha value is -3.66. The molecule has 3 amide bonds. The van der Waals surface area contributed by atoms with Crippen molar-refractivity contribution < 1.29 is 33.7 Å². The fourth-order valence-electron chi connectivity index (χ4n) is 2.93. The van der Waals surface area contributed by atoms with Gasteiger partial charge in [-0.1, -0.05) is 0 Å². The maximum atomic E-state index is 12.7. The van der Waals surface area contributed by atoms with Gasteiger partial charge in [0.1, 0.15) is 12.3 Å². The number of rotatable bonds is 8. The molecule has 0 atom stereocenters. The quantitative estimate of drug-likeness (QED) is 0.578. The number of hydrogen-bond donors (Lipinski definition) is 2. The second-order valence-electron chi connectivity index (χ2n) is 6.55. The molecule has 0 bridgehead atoms. The van der Waals surface area contributed by atoms with Crippen LogP contribution in [-0.4, -0.2) is 54.4 Å². The van der Waals surface area contributed by atoms with Crippen LogP contribution in [0.5, 0.6) is 23.0 Å². The van der Waals surface area contributed by atoms with Gasteiger partial charge in [-0.15, -0.1) is 0 Å². The number of carbonyl (C=O) groups excluding carboxylic acids is 3. The van der Waals surface area contributed by atoms with Crippen molar-refractivity contribution in [1.82, 2.24) is 4.90 Å². The number of hydrogen-bond acceptors (Lipinski definition) is 8. The summed E-state index contributed by atoms with van der Waals surface area (Å²) in [5.74, 6) is -0.289. The van der Waals surface area contributed by atoms with E-state index in [0.717, 1.165) is 16.7 Å². The topological polar surface area (TPSA) is 114 Å². The van der Waals surface area contributed by atoms with Gasteiger partial charge >= 0.3 is 0 Å². The van der Waals surface area contributed by atoms with Crippen LogP contribution in [-0.2, 0) is 9.59 Å². The van der Waals surface area contributed by atoms with Crippen molar-refractivity contribution in [2.75, 3.05) is 32.7 Å². The largest absolute Gasteiger partial charge is 0.502 e. The summed E-state index contributed by atoms with van der Waals surface area (Å²) >= 11 is 0.721. The fourth-order valence-corrected chi connectivity index (χ4v) is 3.77. The van der Waals surface area contributed by atoms with Crippen LogP contribution in [0.2, 0.25) is 0 Å². The zero-order valence-corrected chi connectivity index (χ0v) is 18.5. The van der Waals surface area contributed by atoms with Gasteiger partial charge in [0.2, 0.25) is 11.7 Å². The Kier molecular flexibility index (Phi) is 7.26. The first-order valence-corrected chi connectivity index (χ1v) is 10.4. The Morgan fingerprint density at radius 2 is 1.75 bits per heavy atom. The number of imide groups is 1. The summed E-state index contributed by atoms with van der Waals surface area (Å²) in [5, 5.41) is 12.1. The molecule has 32 heavy (non-hydrogen) atoms. The first-order valence-electron chi connectivity index (χ1n) is 9.59. The molecule has 168 valence electrons. The standard InChI is InChI=1S/C22H22N2O7S/c1-4-31-15-7-5-14(6-8-15)23-19(25)12-24-21(27)18(32-22(24)28)11-13-9-16(29-2)20(26)17(10-13)30-3/h5-11,26H,4,12H2,1-3H3,(H,23,25)/b18-11-. The molecule has 0 saturated carbocycles. The number of carbonyl (C=O) groups is 3. The van der Waals surface area contributed by atoms with Gasteiger partial charge in [-0.2, -0.15) is 0 Å². The van der Waals surface area contributed by atoms with Crippen LogP contribution in [0.1, 0.15) is 12.5 Å². The van der Waals surface area contributed by atoms with Crippen LogP contribution in [0.4, 0.5) is 10.5 Å². The summed E-state index contributed by atoms with van der Waals surface area (Å²) in [6.45, 7) is 1.98. The number of amides is 3. The van der Waals surface area contributed by atoms with Crippen molar-refractivity contribution in [3.8, 4) is 23.0 Å². The minimum Gasteiger partial charge on any atom is -0.502 e. The lowest BCUT2D eigenvalue weighted by Gasteiger charge is -2.13. The van der Waals surface area contributed by atoms with Crippen LogP contribution in [0.25, 0.3) is 6.08 Å². The number of anilines is 1. The Morgan fingerprint density at radius 3 is 2.31 bits per heavy atom. The third-order valence-corrected chi connectivity index (χ3v) is 5.33. The van der Waals surface area contributed by atoms with Gasteiger partial charge in [-0.25, -0.2) is 0 Å². The molecule has 1 aliphatic rings. The minimum absolute atomic E-state index is 0.138. The lowest BCUT2D eigenvalue weighted by Crippen LogP contribution is -2.36. The molecule has 0 radical (unpaired) electrons. The van der Waals surface area contributed by atoms with Gasteiger partial charge in [0.25, 0.3) is 11.1 Å². The first kappa shape index (κ1) is 23.0. The van der Waals surface area contributed by atoms with Crippen molar-refractivity contribution in [3.63, 3.8) is 0 Å². The van der Waals surface area contributed by atoms with E-state index < -0.39 is 23.6 Å². The Bertz CT molecular complexity index is 1040. The number of ether oxygens (including phenoxy) is 3. The molecule has 9 nitrogen and oxygen atoms in total. The second kappa shape index (κ2) is 10.1. The van der Waals surface area contributed by atoms with Crippen molar-refractivity contribution >= 4 is 40.6 Å². The van der Waals surface area contributed by atoms with E-state index in [1.165, 1.54) is 32.4 Å². The van der Waals surface area contributed by atoms with Gasteiger partial charge in [-0.3, -0.25) is 19.3 Å². The van der Waals surface area contributed by atoms with E-state index in [-0.39, 0.29) is 22.2 Å². The van der Waals surface area contributed by atoms with Gasteiger partial charge < -0.3 is 24.6 Å². The average Bonchev–Trinajstić information content (AvgIpc) is 3.03. The van der Waals surface area contributed by atoms with E-state index in [9.17, 15) is 19.5 Å². The van der Waals surface area contributed by atoms with Crippen molar-refractivity contribution in [2.45, 2.75) is 6.92 Å². The molecule has 10 heteroatoms. The Labute approximate surface area is 188 Å². The molecule has 1 heterocycles. The molecule has 0 aromatic heterocycles. The van der Waals surface area contributed by atoms with Crippen molar-refractivity contribution in [1.29, 1.82) is 0 Å². The monoisotopic (exact) mass is 458 g/mol. The highest BCUT2D eigenvalue weighted by atomic mass is 32.2. The van der Waals surface area contributed by atoms with Crippen molar-refractivity contribution in [3.05, 3.63) is 46.9 Å². The SMILES string of the molecule is CCOc1ccc(NC(=O)CN2C(=O)S/C(=C\c3cc(OC)c(O)c(OC)c3)C2=O)cc1. The summed E-state index contributed by atoms with van der Waals surface area (Å²) in [7, 11) is 2.77. The summed E-state index contributed by atoms with van der Waals surface area (Å²) in [5.41, 5.74) is 1.00. The van der Waals surface area contributed by atoms with E-state index >= 15 is 0 Å². The highest BCUT2D eigenvalue weighted by Gasteiger charge is 2.36. The van der Waals surface area contributed by atoms with E-state index in [1.807, 2.05) is 6.92 Å². The molecule has 1 fully saturated rings. The number of thioether (sulfide) groups is 1. The van der Waals surface area contributed by atoms with Gasteiger partial charge in [-0.05, 0) is 66.7 Å². The Morgan fingerprint density at radius 1 is 1.12 bits per heavy atom. The van der Waals surface area contributed by atoms with Crippen LogP contribution in [0, 0.1) is 0 Å². The highest BCUT2D eigenvalue weighted by Crippen LogP contribution is 2.39. The number of methoxy groups -OCH3 is 2. The van der Waals surface area contributed by atoms with Gasteiger partial charge in [0.15, 0.2) is 11.5 Å². The third-order valence-electron chi connectivity index (χ3n) is 4.42. The van der Waals surface area contributed by atoms with Crippen LogP contribution in [0.15, 0.2) is 41.3 Å². The predicted octanol–water partition coefficient (Wildman–Crippen LogP) is 3.48. The number of aromatic hydroxyl groups is 1. The first-order chi connectivity index (χ1) is 15.4. The smallest absolute Gasteiger partial charge is 0.294 e.